The largest absolute Gasteiger partial charge is 0.296 e. The van der Waals surface area contributed by atoms with Gasteiger partial charge in [-0.2, -0.15) is 4.31 Å². The van der Waals surface area contributed by atoms with E-state index in [2.05, 4.69) is 15.9 Å². The van der Waals surface area contributed by atoms with Crippen LogP contribution in [0.3, 0.4) is 0 Å². The van der Waals surface area contributed by atoms with Gasteiger partial charge in [0, 0.05) is 42.8 Å². The molecule has 1 fully saturated rings. The second-order valence-electron chi connectivity index (χ2n) is 5.85. The maximum atomic E-state index is 13.9. The van der Waals surface area contributed by atoms with Crippen LogP contribution in [-0.4, -0.2) is 43.8 Å². The fourth-order valence-electron chi connectivity index (χ4n) is 2.81. The topological polar surface area (TPSA) is 40.6 Å². The van der Waals surface area contributed by atoms with Crippen LogP contribution in [0.4, 0.5) is 8.78 Å². The van der Waals surface area contributed by atoms with Gasteiger partial charge in [-0.3, -0.25) is 4.90 Å². The lowest BCUT2D eigenvalue weighted by Gasteiger charge is -2.34. The third-order valence-electron chi connectivity index (χ3n) is 4.19. The lowest BCUT2D eigenvalue weighted by Crippen LogP contribution is -2.48. The van der Waals surface area contributed by atoms with Crippen LogP contribution < -0.4 is 0 Å². The molecule has 0 aliphatic carbocycles. The van der Waals surface area contributed by atoms with Gasteiger partial charge >= 0.3 is 0 Å². The summed E-state index contributed by atoms with van der Waals surface area (Å²) in [6.07, 6.45) is 0. The number of halogens is 3. The van der Waals surface area contributed by atoms with E-state index in [1.54, 1.807) is 12.1 Å². The Hall–Kier alpha value is -1.35. The molecule has 0 spiro atoms. The van der Waals surface area contributed by atoms with E-state index >= 15 is 0 Å². The van der Waals surface area contributed by atoms with Gasteiger partial charge in [0.15, 0.2) is 0 Å². The van der Waals surface area contributed by atoms with Crippen molar-refractivity contribution >= 4 is 26.0 Å². The Morgan fingerprint density at radius 3 is 2.28 bits per heavy atom. The van der Waals surface area contributed by atoms with Crippen molar-refractivity contribution in [3.05, 3.63) is 64.1 Å². The number of rotatable bonds is 4. The van der Waals surface area contributed by atoms with Crippen LogP contribution in [0.25, 0.3) is 0 Å². The molecule has 1 saturated heterocycles. The number of benzene rings is 2. The van der Waals surface area contributed by atoms with E-state index in [9.17, 15) is 17.2 Å². The van der Waals surface area contributed by atoms with Crippen LogP contribution in [0.1, 0.15) is 5.56 Å². The standard InChI is InChI=1S/C17H17BrF2N2O2S/c18-14-6-5-13(16(20)11-14)12-21-7-9-22(10-8-21)25(23,24)17-4-2-1-3-15(17)19/h1-6,11H,7-10,12H2. The summed E-state index contributed by atoms with van der Waals surface area (Å²) >= 11 is 3.22. The van der Waals surface area contributed by atoms with Crippen molar-refractivity contribution in [1.82, 2.24) is 9.21 Å². The Morgan fingerprint density at radius 1 is 0.960 bits per heavy atom. The molecule has 1 aliphatic rings. The van der Waals surface area contributed by atoms with Crippen LogP contribution in [-0.2, 0) is 16.6 Å². The highest BCUT2D eigenvalue weighted by Gasteiger charge is 2.30. The van der Waals surface area contributed by atoms with E-state index in [1.165, 1.54) is 28.6 Å². The molecule has 1 heterocycles. The van der Waals surface area contributed by atoms with Gasteiger partial charge in [-0.15, -0.1) is 0 Å². The van der Waals surface area contributed by atoms with Gasteiger partial charge in [-0.25, -0.2) is 17.2 Å². The minimum atomic E-state index is -3.85. The third kappa shape index (κ3) is 4.08. The van der Waals surface area contributed by atoms with E-state index in [1.807, 2.05) is 4.90 Å². The lowest BCUT2D eigenvalue weighted by molar-refractivity contribution is 0.179. The number of hydrogen-bond donors (Lipinski definition) is 0. The molecular weight excluding hydrogens is 414 g/mol. The second kappa shape index (κ2) is 7.49. The molecule has 0 bridgehead atoms. The van der Waals surface area contributed by atoms with Crippen molar-refractivity contribution in [2.45, 2.75) is 11.4 Å². The fourth-order valence-corrected chi connectivity index (χ4v) is 4.63. The maximum Gasteiger partial charge on any atom is 0.246 e. The van der Waals surface area contributed by atoms with Crippen molar-refractivity contribution < 1.29 is 17.2 Å². The number of sulfonamides is 1. The Balaban J connectivity index is 1.66. The van der Waals surface area contributed by atoms with Crippen LogP contribution >= 0.6 is 15.9 Å². The van der Waals surface area contributed by atoms with E-state index in [0.717, 1.165) is 6.07 Å². The lowest BCUT2D eigenvalue weighted by atomic mass is 10.2. The first-order chi connectivity index (χ1) is 11.9. The molecule has 0 radical (unpaired) electrons. The molecule has 0 saturated carbocycles. The van der Waals surface area contributed by atoms with E-state index < -0.39 is 15.8 Å². The molecule has 134 valence electrons. The van der Waals surface area contributed by atoms with E-state index in [4.69, 9.17) is 0 Å². The Bertz CT molecular complexity index is 869. The van der Waals surface area contributed by atoms with Gasteiger partial charge in [0.2, 0.25) is 10.0 Å². The molecule has 8 heteroatoms. The Morgan fingerprint density at radius 2 is 1.64 bits per heavy atom. The van der Waals surface area contributed by atoms with Crippen LogP contribution in [0.15, 0.2) is 51.8 Å². The summed E-state index contributed by atoms with van der Waals surface area (Å²) in [5.74, 6) is -1.04. The van der Waals surface area contributed by atoms with Crippen molar-refractivity contribution in [3.63, 3.8) is 0 Å². The molecule has 3 rings (SSSR count). The summed E-state index contributed by atoms with van der Waals surface area (Å²) in [5.41, 5.74) is 0.564. The Kier molecular flexibility index (Phi) is 5.52. The summed E-state index contributed by atoms with van der Waals surface area (Å²) in [6.45, 7) is 1.82. The molecule has 0 atom stereocenters. The van der Waals surface area contributed by atoms with E-state index in [-0.39, 0.29) is 23.8 Å². The molecular formula is C17H17BrF2N2O2S. The molecule has 25 heavy (non-hydrogen) atoms. The SMILES string of the molecule is O=S(=O)(c1ccccc1F)N1CCN(Cc2ccc(Br)cc2F)CC1. The highest BCUT2D eigenvalue weighted by molar-refractivity contribution is 9.10. The number of hydrogen-bond acceptors (Lipinski definition) is 3. The summed E-state index contributed by atoms with van der Waals surface area (Å²) in [4.78, 5) is 1.68. The van der Waals surface area contributed by atoms with Gasteiger partial charge in [-0.1, -0.05) is 34.1 Å². The van der Waals surface area contributed by atoms with Crippen molar-refractivity contribution in [1.29, 1.82) is 0 Å². The quantitative estimate of drug-likeness (QED) is 0.747. The van der Waals surface area contributed by atoms with Crippen molar-refractivity contribution in [2.24, 2.45) is 0 Å². The minimum Gasteiger partial charge on any atom is -0.296 e. The van der Waals surface area contributed by atoms with E-state index in [0.29, 0.717) is 29.7 Å². The van der Waals surface area contributed by atoms with Gasteiger partial charge in [-0.05, 0) is 24.3 Å². The number of piperazine rings is 1. The first-order valence-electron chi connectivity index (χ1n) is 7.79. The normalized spacial score (nSPS) is 16.9. The minimum absolute atomic E-state index is 0.245. The monoisotopic (exact) mass is 430 g/mol. The Labute approximate surface area is 154 Å². The second-order valence-corrected chi connectivity index (χ2v) is 8.67. The first kappa shape index (κ1) is 18.4. The van der Waals surface area contributed by atoms with Crippen molar-refractivity contribution in [3.8, 4) is 0 Å². The zero-order valence-corrected chi connectivity index (χ0v) is 15.7. The predicted molar refractivity (Wildman–Crippen MR) is 94.5 cm³/mol. The molecule has 4 nitrogen and oxygen atoms in total. The first-order valence-corrected chi connectivity index (χ1v) is 10.0. The molecule has 2 aromatic carbocycles. The molecule has 0 amide bonds. The molecule has 0 unspecified atom stereocenters. The summed E-state index contributed by atoms with van der Waals surface area (Å²) in [7, 11) is -3.85. The molecule has 0 N–H and O–H groups in total. The average molecular weight is 431 g/mol. The predicted octanol–water partition coefficient (Wildman–Crippen LogP) is 3.23. The summed E-state index contributed by atoms with van der Waals surface area (Å²) in [5, 5.41) is 0. The van der Waals surface area contributed by atoms with Gasteiger partial charge in [0.1, 0.15) is 16.5 Å². The summed E-state index contributed by atoms with van der Waals surface area (Å²) < 4.78 is 54.8. The highest BCUT2D eigenvalue weighted by atomic mass is 79.9. The third-order valence-corrected chi connectivity index (χ3v) is 6.62. The molecule has 1 aliphatic heterocycles. The van der Waals surface area contributed by atoms with Gasteiger partial charge in [0.25, 0.3) is 0 Å². The number of nitrogens with zero attached hydrogens (tertiary/aromatic N) is 2. The zero-order chi connectivity index (χ0) is 18.0. The fraction of sp³-hybridized carbons (Fsp3) is 0.294. The summed E-state index contributed by atoms with van der Waals surface area (Å²) in [6, 6.07) is 10.3. The molecule has 0 aromatic heterocycles. The van der Waals surface area contributed by atoms with Gasteiger partial charge < -0.3 is 0 Å². The van der Waals surface area contributed by atoms with Crippen LogP contribution in [0.5, 0.6) is 0 Å². The van der Waals surface area contributed by atoms with Gasteiger partial charge in [0.05, 0.1) is 0 Å². The highest BCUT2D eigenvalue weighted by Crippen LogP contribution is 2.22. The molecule has 2 aromatic rings. The van der Waals surface area contributed by atoms with Crippen LogP contribution in [0.2, 0.25) is 0 Å². The van der Waals surface area contributed by atoms with Crippen LogP contribution in [0, 0.1) is 11.6 Å². The average Bonchev–Trinajstić information content (AvgIpc) is 2.58. The maximum absolute atomic E-state index is 13.9. The zero-order valence-electron chi connectivity index (χ0n) is 13.3. The smallest absolute Gasteiger partial charge is 0.246 e. The van der Waals surface area contributed by atoms with Crippen molar-refractivity contribution in [2.75, 3.05) is 26.2 Å².